The molecule has 2 unspecified atom stereocenters. The van der Waals surface area contributed by atoms with Gasteiger partial charge >= 0.3 is 0 Å². The van der Waals surface area contributed by atoms with E-state index in [0.717, 1.165) is 0 Å². The molecule has 0 aromatic carbocycles. The average Bonchev–Trinajstić information content (AvgIpc) is 2.07. The minimum absolute atomic E-state index is 0.703. The molecule has 0 aromatic heterocycles. The average molecular weight is 164 g/mol. The van der Waals surface area contributed by atoms with E-state index in [1.165, 1.54) is 36.8 Å². The summed E-state index contributed by atoms with van der Waals surface area (Å²) in [4.78, 5) is 0. The topological polar surface area (TPSA) is 0 Å². The van der Waals surface area contributed by atoms with Gasteiger partial charge in [0.2, 0.25) is 0 Å². The predicted octanol–water partition coefficient (Wildman–Crippen LogP) is 3.95. The predicted molar refractivity (Wildman–Crippen MR) is 55.1 cm³/mol. The Morgan fingerprint density at radius 1 is 0.917 bits per heavy atom. The quantitative estimate of drug-likeness (QED) is 0.476. The largest absolute Gasteiger partial charge is 0.0996 e. The van der Waals surface area contributed by atoms with Crippen LogP contribution in [0.3, 0.4) is 0 Å². The van der Waals surface area contributed by atoms with Gasteiger partial charge in [0.1, 0.15) is 0 Å². The summed E-state index contributed by atoms with van der Waals surface area (Å²) in [6.07, 6.45) is 4.90. The summed E-state index contributed by atoms with van der Waals surface area (Å²) in [5.41, 5.74) is 2.88. The van der Waals surface area contributed by atoms with Crippen LogP contribution in [0.2, 0.25) is 0 Å². The van der Waals surface area contributed by atoms with Gasteiger partial charge in [0.05, 0.1) is 0 Å². The zero-order valence-corrected chi connectivity index (χ0v) is 8.40. The summed E-state index contributed by atoms with van der Waals surface area (Å²) in [5.74, 6) is 1.41. The van der Waals surface area contributed by atoms with Gasteiger partial charge in [-0.15, -0.1) is 0 Å². The van der Waals surface area contributed by atoms with Gasteiger partial charge in [0.25, 0.3) is 0 Å². The van der Waals surface area contributed by atoms with Crippen LogP contribution in [-0.4, -0.2) is 0 Å². The van der Waals surface area contributed by atoms with Gasteiger partial charge in [0.15, 0.2) is 0 Å². The molecule has 1 rings (SSSR count). The Bertz CT molecular complexity index is 166. The molecule has 0 nitrogen and oxygen atoms in total. The first-order valence-corrected chi connectivity index (χ1v) is 4.96. The Kier molecular flexibility index (Phi) is 3.13. The third-order valence-corrected chi connectivity index (χ3v) is 3.19. The normalized spacial score (nSPS) is 32.8. The van der Waals surface area contributed by atoms with Crippen LogP contribution in [0.5, 0.6) is 0 Å². The van der Waals surface area contributed by atoms with Crippen LogP contribution in [0.15, 0.2) is 24.3 Å². The van der Waals surface area contributed by atoms with Crippen LogP contribution in [0.1, 0.15) is 39.5 Å². The van der Waals surface area contributed by atoms with E-state index >= 15 is 0 Å². The minimum Gasteiger partial charge on any atom is -0.0996 e. The van der Waals surface area contributed by atoms with Crippen LogP contribution < -0.4 is 0 Å². The smallest absolute Gasteiger partial charge is 0.0231 e. The summed E-state index contributed by atoms with van der Waals surface area (Å²) in [6.45, 7) is 12.8. The molecule has 1 aliphatic rings. The monoisotopic (exact) mass is 164 g/mol. The summed E-state index contributed by atoms with van der Waals surface area (Å²) < 4.78 is 0. The Labute approximate surface area is 76.4 Å². The molecule has 0 amide bonds. The van der Waals surface area contributed by atoms with Crippen molar-refractivity contribution in [3.8, 4) is 0 Å². The highest BCUT2D eigenvalue weighted by atomic mass is 14.2. The molecule has 0 heterocycles. The molecule has 0 heteroatoms. The van der Waals surface area contributed by atoms with Crippen molar-refractivity contribution in [2.75, 3.05) is 0 Å². The Hall–Kier alpha value is -0.520. The Balaban J connectivity index is 2.57. The van der Waals surface area contributed by atoms with E-state index in [2.05, 4.69) is 27.0 Å². The van der Waals surface area contributed by atoms with E-state index in [9.17, 15) is 0 Å². The molecule has 0 radical (unpaired) electrons. The first-order valence-electron chi connectivity index (χ1n) is 4.96. The SMILES string of the molecule is C=C1CCC(C)C(=C)CCC1C. The van der Waals surface area contributed by atoms with Crippen LogP contribution in [0, 0.1) is 11.8 Å². The van der Waals surface area contributed by atoms with Crippen molar-refractivity contribution in [3.05, 3.63) is 24.3 Å². The third kappa shape index (κ3) is 2.23. The van der Waals surface area contributed by atoms with Gasteiger partial charge in [0, 0.05) is 0 Å². The van der Waals surface area contributed by atoms with Crippen molar-refractivity contribution in [1.29, 1.82) is 0 Å². The highest BCUT2D eigenvalue weighted by molar-refractivity contribution is 5.08. The van der Waals surface area contributed by atoms with Crippen molar-refractivity contribution < 1.29 is 0 Å². The molecule has 12 heavy (non-hydrogen) atoms. The molecule has 0 aromatic rings. The molecule has 2 atom stereocenters. The summed E-state index contributed by atoms with van der Waals surface area (Å²) in [7, 11) is 0. The van der Waals surface area contributed by atoms with Crippen molar-refractivity contribution in [2.45, 2.75) is 39.5 Å². The van der Waals surface area contributed by atoms with E-state index in [-0.39, 0.29) is 0 Å². The zero-order chi connectivity index (χ0) is 9.14. The maximum absolute atomic E-state index is 4.13. The fraction of sp³-hybridized carbons (Fsp3) is 0.667. The summed E-state index contributed by atoms with van der Waals surface area (Å²) >= 11 is 0. The van der Waals surface area contributed by atoms with Gasteiger partial charge in [-0.05, 0) is 37.5 Å². The lowest BCUT2D eigenvalue weighted by Gasteiger charge is -2.23. The van der Waals surface area contributed by atoms with Gasteiger partial charge < -0.3 is 0 Å². The van der Waals surface area contributed by atoms with Crippen molar-refractivity contribution in [1.82, 2.24) is 0 Å². The van der Waals surface area contributed by atoms with E-state index in [4.69, 9.17) is 0 Å². The maximum atomic E-state index is 4.13. The fourth-order valence-corrected chi connectivity index (χ4v) is 1.70. The number of hydrogen-bond donors (Lipinski definition) is 0. The van der Waals surface area contributed by atoms with Gasteiger partial charge in [-0.1, -0.05) is 38.2 Å². The Morgan fingerprint density at radius 3 is 1.58 bits per heavy atom. The molecule has 1 saturated carbocycles. The second-order valence-electron chi connectivity index (χ2n) is 4.20. The van der Waals surface area contributed by atoms with Crippen molar-refractivity contribution in [3.63, 3.8) is 0 Å². The Morgan fingerprint density at radius 2 is 1.25 bits per heavy atom. The van der Waals surface area contributed by atoms with Crippen LogP contribution in [-0.2, 0) is 0 Å². The molecule has 1 fully saturated rings. The fourth-order valence-electron chi connectivity index (χ4n) is 1.70. The standard InChI is InChI=1S/C12H20/c1-9-5-6-11(3)12(4)8-7-10(9)2/h10-11H,1,4-8H2,2-3H3. The minimum atomic E-state index is 0.703. The van der Waals surface area contributed by atoms with Crippen molar-refractivity contribution >= 4 is 0 Å². The molecule has 0 spiro atoms. The molecule has 0 saturated heterocycles. The second kappa shape index (κ2) is 3.93. The number of allylic oxidation sites excluding steroid dienone is 2. The van der Waals surface area contributed by atoms with E-state index < -0.39 is 0 Å². The highest BCUT2D eigenvalue weighted by Crippen LogP contribution is 2.30. The van der Waals surface area contributed by atoms with E-state index in [0.29, 0.717) is 11.8 Å². The molecule has 0 N–H and O–H groups in total. The first kappa shape index (κ1) is 9.57. The molecular formula is C12H20. The maximum Gasteiger partial charge on any atom is -0.0231 e. The van der Waals surface area contributed by atoms with Gasteiger partial charge in [-0.3, -0.25) is 0 Å². The molecule has 68 valence electrons. The molecule has 1 aliphatic carbocycles. The molecule has 0 aliphatic heterocycles. The van der Waals surface area contributed by atoms with E-state index in [1.807, 2.05) is 0 Å². The van der Waals surface area contributed by atoms with Crippen LogP contribution in [0.25, 0.3) is 0 Å². The summed E-state index contributed by atoms with van der Waals surface area (Å²) in [6, 6.07) is 0. The second-order valence-corrected chi connectivity index (χ2v) is 4.20. The van der Waals surface area contributed by atoms with Gasteiger partial charge in [-0.25, -0.2) is 0 Å². The van der Waals surface area contributed by atoms with Crippen molar-refractivity contribution in [2.24, 2.45) is 11.8 Å². The van der Waals surface area contributed by atoms with Crippen LogP contribution >= 0.6 is 0 Å². The lowest BCUT2D eigenvalue weighted by atomic mass is 9.82. The van der Waals surface area contributed by atoms with Crippen LogP contribution in [0.4, 0.5) is 0 Å². The van der Waals surface area contributed by atoms with E-state index in [1.54, 1.807) is 0 Å². The lowest BCUT2D eigenvalue weighted by Crippen LogP contribution is -2.08. The zero-order valence-electron chi connectivity index (χ0n) is 8.40. The number of hydrogen-bond acceptors (Lipinski definition) is 0. The lowest BCUT2D eigenvalue weighted by molar-refractivity contribution is 0.486. The number of rotatable bonds is 0. The third-order valence-electron chi connectivity index (χ3n) is 3.19. The summed E-state index contributed by atoms with van der Waals surface area (Å²) in [5, 5.41) is 0. The molecule has 0 bridgehead atoms. The van der Waals surface area contributed by atoms with Gasteiger partial charge in [-0.2, -0.15) is 0 Å². The first-order chi connectivity index (χ1) is 5.61. The highest BCUT2D eigenvalue weighted by Gasteiger charge is 2.15. The molecular weight excluding hydrogens is 144 g/mol.